The highest BCUT2D eigenvalue weighted by atomic mass is 16.5. The first-order chi connectivity index (χ1) is 19.5. The molecule has 2 amide bonds. The highest BCUT2D eigenvalue weighted by molar-refractivity contribution is 6.11. The highest BCUT2D eigenvalue weighted by Crippen LogP contribution is 2.42. The van der Waals surface area contributed by atoms with Gasteiger partial charge in [0.25, 0.3) is 11.8 Å². The first-order valence-corrected chi connectivity index (χ1v) is 12.5. The molecule has 0 heterocycles. The lowest BCUT2D eigenvalue weighted by molar-refractivity contribution is 0.101. The second kappa shape index (κ2) is 11.5. The summed E-state index contributed by atoms with van der Waals surface area (Å²) in [6.45, 7) is 1.81. The van der Waals surface area contributed by atoms with Gasteiger partial charge < -0.3 is 20.5 Å². The maximum atomic E-state index is 13.1. The van der Waals surface area contributed by atoms with Gasteiger partial charge in [0, 0.05) is 27.9 Å². The van der Waals surface area contributed by atoms with E-state index in [9.17, 15) is 14.7 Å². The van der Waals surface area contributed by atoms with Crippen LogP contribution in [0, 0.1) is 6.92 Å². The number of amides is 2. The summed E-state index contributed by atoms with van der Waals surface area (Å²) in [5, 5.41) is 26.9. The second-order valence-corrected chi connectivity index (χ2v) is 8.97. The molecule has 198 valence electrons. The minimum atomic E-state index is -0.474. The van der Waals surface area contributed by atoms with Gasteiger partial charge >= 0.3 is 0 Å². The van der Waals surface area contributed by atoms with Crippen LogP contribution in [0.15, 0.2) is 113 Å². The zero-order valence-electron chi connectivity index (χ0n) is 21.9. The van der Waals surface area contributed by atoms with Gasteiger partial charge in [0.1, 0.15) is 11.4 Å². The largest absolute Gasteiger partial charge is 0.505 e. The van der Waals surface area contributed by atoms with E-state index >= 15 is 0 Å². The number of aromatic hydroxyl groups is 1. The van der Waals surface area contributed by atoms with E-state index in [-0.39, 0.29) is 22.9 Å². The normalized spacial score (nSPS) is 10.9. The number of anilines is 2. The predicted octanol–water partition coefficient (Wildman–Crippen LogP) is 7.78. The summed E-state index contributed by atoms with van der Waals surface area (Å²) in [6.07, 6.45) is 0. The minimum absolute atomic E-state index is 0.0682. The number of rotatable bonds is 7. The Morgan fingerprint density at radius 3 is 2.17 bits per heavy atom. The topological polar surface area (TPSA) is 112 Å². The van der Waals surface area contributed by atoms with Crippen molar-refractivity contribution < 1.29 is 19.4 Å². The molecule has 5 aromatic carbocycles. The number of phenols is 1. The third kappa shape index (κ3) is 5.37. The van der Waals surface area contributed by atoms with Gasteiger partial charge in [0.15, 0.2) is 11.5 Å². The summed E-state index contributed by atoms with van der Waals surface area (Å²) >= 11 is 0. The van der Waals surface area contributed by atoms with Crippen LogP contribution < -0.4 is 15.4 Å². The number of hydrogen-bond donors (Lipinski definition) is 3. The SMILES string of the molecule is COc1c(N=Nc2c(O)c(C(=O)Nc3ccccc3)cc3ccccc23)ccc(NC(=O)c2ccccc2)c1C. The number of fused-ring (bicyclic) bond motifs is 1. The number of para-hydroxylation sites is 1. The lowest BCUT2D eigenvalue weighted by atomic mass is 10.0. The number of hydrogen-bond acceptors (Lipinski definition) is 6. The first kappa shape index (κ1) is 26.1. The van der Waals surface area contributed by atoms with Crippen LogP contribution in [0.3, 0.4) is 0 Å². The van der Waals surface area contributed by atoms with Crippen LogP contribution in [-0.4, -0.2) is 24.0 Å². The molecule has 0 atom stereocenters. The van der Waals surface area contributed by atoms with E-state index in [4.69, 9.17) is 4.74 Å². The summed E-state index contributed by atoms with van der Waals surface area (Å²) in [6, 6.07) is 30.2. The minimum Gasteiger partial charge on any atom is -0.505 e. The third-order valence-corrected chi connectivity index (χ3v) is 6.40. The van der Waals surface area contributed by atoms with Crippen LogP contribution in [0.5, 0.6) is 11.5 Å². The summed E-state index contributed by atoms with van der Waals surface area (Å²) in [7, 11) is 1.51. The molecule has 5 aromatic rings. The second-order valence-electron chi connectivity index (χ2n) is 8.97. The van der Waals surface area contributed by atoms with Gasteiger partial charge in [-0.2, -0.15) is 0 Å². The highest BCUT2D eigenvalue weighted by Gasteiger charge is 2.19. The first-order valence-electron chi connectivity index (χ1n) is 12.5. The van der Waals surface area contributed by atoms with Gasteiger partial charge in [0.05, 0.1) is 12.7 Å². The molecule has 0 aromatic heterocycles. The Balaban J connectivity index is 1.50. The number of benzene rings is 5. The maximum Gasteiger partial charge on any atom is 0.259 e. The smallest absolute Gasteiger partial charge is 0.259 e. The molecule has 40 heavy (non-hydrogen) atoms. The summed E-state index contributed by atoms with van der Waals surface area (Å²) in [4.78, 5) is 25.8. The van der Waals surface area contributed by atoms with E-state index in [1.807, 2.05) is 42.5 Å². The van der Waals surface area contributed by atoms with E-state index < -0.39 is 5.91 Å². The molecule has 0 spiro atoms. The third-order valence-electron chi connectivity index (χ3n) is 6.40. The van der Waals surface area contributed by atoms with Crippen LogP contribution in [0.2, 0.25) is 0 Å². The Morgan fingerprint density at radius 2 is 1.45 bits per heavy atom. The van der Waals surface area contributed by atoms with Crippen molar-refractivity contribution in [3.63, 3.8) is 0 Å². The Kier molecular flexibility index (Phi) is 7.50. The molecule has 0 bridgehead atoms. The van der Waals surface area contributed by atoms with E-state index in [0.717, 1.165) is 5.39 Å². The van der Waals surface area contributed by atoms with Crippen LogP contribution in [0.1, 0.15) is 26.3 Å². The maximum absolute atomic E-state index is 13.1. The van der Waals surface area contributed by atoms with E-state index in [0.29, 0.717) is 39.3 Å². The molecule has 8 nitrogen and oxygen atoms in total. The van der Waals surface area contributed by atoms with Gasteiger partial charge in [-0.25, -0.2) is 0 Å². The van der Waals surface area contributed by atoms with Crippen LogP contribution in [0.4, 0.5) is 22.7 Å². The lowest BCUT2D eigenvalue weighted by Crippen LogP contribution is -2.12. The molecule has 3 N–H and O–H groups in total. The Morgan fingerprint density at radius 1 is 0.775 bits per heavy atom. The van der Waals surface area contributed by atoms with Crippen molar-refractivity contribution in [3.8, 4) is 11.5 Å². The molecular formula is C32H26N4O4. The molecule has 0 unspecified atom stereocenters. The van der Waals surface area contributed by atoms with Crippen molar-refractivity contribution in [1.29, 1.82) is 0 Å². The number of nitrogens with one attached hydrogen (secondary N) is 2. The number of methoxy groups -OCH3 is 1. The molecule has 0 aliphatic heterocycles. The van der Waals surface area contributed by atoms with E-state index in [1.54, 1.807) is 67.6 Å². The average molecular weight is 531 g/mol. The number of carbonyl (C=O) groups excluding carboxylic acids is 2. The number of azo groups is 1. The molecule has 8 heteroatoms. The van der Waals surface area contributed by atoms with E-state index in [2.05, 4.69) is 20.9 Å². The predicted molar refractivity (Wildman–Crippen MR) is 156 cm³/mol. The van der Waals surface area contributed by atoms with Gasteiger partial charge in [0.2, 0.25) is 0 Å². The standard InChI is InChI=1S/C32H26N4O4/c1-20-26(34-31(38)21-11-5-3-6-12-21)17-18-27(30(20)40-2)35-36-28-24-16-10-9-13-22(24)19-25(29(28)37)32(39)33-23-14-7-4-8-15-23/h3-19,37H,1-2H3,(H,33,39)(H,34,38). The summed E-state index contributed by atoms with van der Waals surface area (Å²) < 4.78 is 5.61. The molecule has 0 fully saturated rings. The number of carbonyl (C=O) groups is 2. The van der Waals surface area contributed by atoms with Gasteiger partial charge in [-0.3, -0.25) is 9.59 Å². The van der Waals surface area contributed by atoms with Gasteiger partial charge in [-0.15, -0.1) is 10.2 Å². The van der Waals surface area contributed by atoms with Crippen molar-refractivity contribution >= 4 is 45.3 Å². The van der Waals surface area contributed by atoms with Crippen molar-refractivity contribution in [3.05, 3.63) is 120 Å². The Bertz CT molecular complexity index is 1740. The average Bonchev–Trinajstić information content (AvgIpc) is 2.98. The van der Waals surface area contributed by atoms with Gasteiger partial charge in [-0.1, -0.05) is 60.7 Å². The van der Waals surface area contributed by atoms with Crippen molar-refractivity contribution in [2.45, 2.75) is 6.92 Å². The van der Waals surface area contributed by atoms with E-state index in [1.165, 1.54) is 7.11 Å². The Hall–Kier alpha value is -5.50. The van der Waals surface area contributed by atoms with Crippen LogP contribution in [0.25, 0.3) is 10.8 Å². The van der Waals surface area contributed by atoms with Crippen molar-refractivity contribution in [1.82, 2.24) is 0 Å². The fourth-order valence-corrected chi connectivity index (χ4v) is 4.35. The van der Waals surface area contributed by atoms with Crippen LogP contribution >= 0.6 is 0 Å². The Labute approximate surface area is 231 Å². The zero-order chi connectivity index (χ0) is 28.1. The van der Waals surface area contributed by atoms with Crippen molar-refractivity contribution in [2.24, 2.45) is 10.2 Å². The summed E-state index contributed by atoms with van der Waals surface area (Å²) in [5.41, 5.74) is 2.97. The molecular weight excluding hydrogens is 504 g/mol. The molecule has 0 radical (unpaired) electrons. The molecule has 0 aliphatic rings. The molecule has 0 saturated heterocycles. The fraction of sp³-hybridized carbons (Fsp3) is 0.0625. The van der Waals surface area contributed by atoms with Crippen LogP contribution in [-0.2, 0) is 0 Å². The van der Waals surface area contributed by atoms with Crippen molar-refractivity contribution in [2.75, 3.05) is 17.7 Å². The quantitative estimate of drug-likeness (QED) is 0.186. The molecule has 0 saturated carbocycles. The molecule has 0 aliphatic carbocycles. The molecule has 5 rings (SSSR count). The van der Waals surface area contributed by atoms with Gasteiger partial charge in [-0.05, 0) is 54.8 Å². The summed E-state index contributed by atoms with van der Waals surface area (Å²) in [5.74, 6) is -0.602. The lowest BCUT2D eigenvalue weighted by Gasteiger charge is -2.14. The number of nitrogens with zero attached hydrogens (tertiary/aromatic N) is 2. The zero-order valence-corrected chi connectivity index (χ0v) is 21.9. The number of ether oxygens (including phenoxy) is 1. The fourth-order valence-electron chi connectivity index (χ4n) is 4.35. The monoisotopic (exact) mass is 530 g/mol. The number of phenolic OH excluding ortho intramolecular Hbond substituents is 1.